The topological polar surface area (TPSA) is 88.6 Å². The highest BCUT2D eigenvalue weighted by molar-refractivity contribution is 8.02. The molecule has 1 aromatic heterocycles. The summed E-state index contributed by atoms with van der Waals surface area (Å²) in [5, 5.41) is 2.92. The monoisotopic (exact) mass is 391 g/mol. The van der Waals surface area contributed by atoms with Gasteiger partial charge in [-0.25, -0.2) is 9.78 Å². The van der Waals surface area contributed by atoms with Crippen LogP contribution in [-0.2, 0) is 14.3 Å². The summed E-state index contributed by atoms with van der Waals surface area (Å²) in [7, 11) is 2.93. The molecular weight excluding hydrogens is 374 g/mol. The number of hydrogen-bond donors (Lipinski definition) is 1. The zero-order valence-electron chi connectivity index (χ0n) is 14.7. The van der Waals surface area contributed by atoms with Gasteiger partial charge in [0.15, 0.2) is 9.88 Å². The number of fused-ring (bicyclic) bond motifs is 1. The molecule has 26 heavy (non-hydrogen) atoms. The summed E-state index contributed by atoms with van der Waals surface area (Å²) in [6.45, 7) is 3.24. The van der Waals surface area contributed by atoms with Crippen molar-refractivity contribution in [2.75, 3.05) is 24.4 Å². The van der Waals surface area contributed by atoms with Crippen LogP contribution in [0.1, 0.15) is 22.3 Å². The maximum atomic E-state index is 12.9. The van der Waals surface area contributed by atoms with Crippen molar-refractivity contribution >= 4 is 51.7 Å². The Morgan fingerprint density at radius 2 is 2.00 bits per heavy atom. The van der Waals surface area contributed by atoms with E-state index in [0.717, 1.165) is 21.9 Å². The molecule has 0 aliphatic carbocycles. The van der Waals surface area contributed by atoms with Crippen molar-refractivity contribution in [3.05, 3.63) is 34.8 Å². The van der Waals surface area contributed by atoms with Crippen molar-refractivity contribution in [1.82, 2.24) is 4.98 Å². The fourth-order valence-corrected chi connectivity index (χ4v) is 4.75. The molecule has 1 aromatic carbocycles. The molecule has 1 aliphatic rings. The van der Waals surface area contributed by atoms with Crippen molar-refractivity contribution in [1.29, 1.82) is 0 Å². The number of hydrogen-bond acceptors (Lipinski definition) is 7. The van der Waals surface area contributed by atoms with Crippen LogP contribution < -0.4 is 10.2 Å². The van der Waals surface area contributed by atoms with Gasteiger partial charge in [-0.15, -0.1) is 0 Å². The number of anilines is 2. The summed E-state index contributed by atoms with van der Waals surface area (Å²) in [5.41, 5.74) is 1.23. The van der Waals surface area contributed by atoms with E-state index in [1.165, 1.54) is 23.8 Å². The summed E-state index contributed by atoms with van der Waals surface area (Å²) in [6.07, 6.45) is 0. The van der Waals surface area contributed by atoms with Crippen LogP contribution in [0.4, 0.5) is 10.8 Å². The van der Waals surface area contributed by atoms with Gasteiger partial charge in [0.1, 0.15) is 4.88 Å². The normalized spacial score (nSPS) is 19.1. The summed E-state index contributed by atoms with van der Waals surface area (Å²) >= 11 is 2.22. The molecule has 3 rings (SSSR count). The lowest BCUT2D eigenvalue weighted by molar-refractivity contribution is -0.128. The van der Waals surface area contributed by atoms with Crippen LogP contribution in [0.25, 0.3) is 0 Å². The Hall–Kier alpha value is -2.39. The molecule has 9 heteroatoms. The SMILES string of the molecule is COC(=O)c1sc(NC(=O)C2(C)Sc3ccccc3N(C)C2=O)nc1C. The summed E-state index contributed by atoms with van der Waals surface area (Å²) in [4.78, 5) is 44.2. The fourth-order valence-electron chi connectivity index (χ4n) is 2.61. The zero-order valence-corrected chi connectivity index (χ0v) is 16.3. The van der Waals surface area contributed by atoms with Crippen molar-refractivity contribution in [2.45, 2.75) is 23.5 Å². The Kier molecular flexibility index (Phi) is 4.76. The Morgan fingerprint density at radius 3 is 2.69 bits per heavy atom. The first-order valence-corrected chi connectivity index (χ1v) is 9.34. The van der Waals surface area contributed by atoms with E-state index >= 15 is 0 Å². The second-order valence-electron chi connectivity index (χ2n) is 5.85. The quantitative estimate of drug-likeness (QED) is 0.639. The first-order valence-electron chi connectivity index (χ1n) is 7.71. The fraction of sp³-hybridized carbons (Fsp3) is 0.294. The Morgan fingerprint density at radius 1 is 1.31 bits per heavy atom. The van der Waals surface area contributed by atoms with Crippen molar-refractivity contribution in [3.63, 3.8) is 0 Å². The maximum absolute atomic E-state index is 12.9. The van der Waals surface area contributed by atoms with Gasteiger partial charge < -0.3 is 15.0 Å². The lowest BCUT2D eigenvalue weighted by atomic mass is 10.1. The number of nitrogens with zero attached hydrogens (tertiary/aromatic N) is 2. The highest BCUT2D eigenvalue weighted by Gasteiger charge is 2.48. The molecule has 0 bridgehead atoms. The van der Waals surface area contributed by atoms with E-state index in [1.54, 1.807) is 20.9 Å². The van der Waals surface area contributed by atoms with E-state index in [0.29, 0.717) is 10.6 Å². The lowest BCUT2D eigenvalue weighted by Crippen LogP contribution is -2.53. The third-order valence-electron chi connectivity index (χ3n) is 4.07. The standard InChI is InChI=1S/C17H17N3O4S2/c1-9-12(13(21)24-4)25-16(18-9)19-14(22)17(2)15(23)20(3)10-7-5-6-8-11(10)26-17/h5-8H,1-4H3,(H,18,19,22). The minimum absolute atomic E-state index is 0.254. The average molecular weight is 391 g/mol. The number of ether oxygens (including phenoxy) is 1. The molecule has 1 N–H and O–H groups in total. The molecule has 7 nitrogen and oxygen atoms in total. The number of nitrogens with one attached hydrogen (secondary N) is 1. The molecule has 0 saturated heterocycles. The summed E-state index contributed by atoms with van der Waals surface area (Å²) < 4.78 is 3.36. The molecule has 2 amide bonds. The molecule has 0 spiro atoms. The van der Waals surface area contributed by atoms with Crippen LogP contribution in [0, 0.1) is 6.92 Å². The van der Waals surface area contributed by atoms with Crippen molar-refractivity contribution in [3.8, 4) is 0 Å². The molecule has 1 unspecified atom stereocenters. The molecule has 0 radical (unpaired) electrons. The molecule has 2 heterocycles. The largest absolute Gasteiger partial charge is 0.465 e. The number of thioether (sulfide) groups is 1. The number of esters is 1. The van der Waals surface area contributed by atoms with Crippen molar-refractivity contribution < 1.29 is 19.1 Å². The molecule has 1 aliphatic heterocycles. The third kappa shape index (κ3) is 2.97. The van der Waals surface area contributed by atoms with Crippen LogP contribution in [0.5, 0.6) is 0 Å². The number of amides is 2. The van der Waals surface area contributed by atoms with E-state index in [9.17, 15) is 14.4 Å². The number of rotatable bonds is 3. The first kappa shape index (κ1) is 18.4. The average Bonchev–Trinajstić information content (AvgIpc) is 2.99. The van der Waals surface area contributed by atoms with Crippen LogP contribution in [0.2, 0.25) is 0 Å². The third-order valence-corrected chi connectivity index (χ3v) is 6.46. The molecule has 0 fully saturated rings. The number of carbonyl (C=O) groups excluding carboxylic acids is 3. The van der Waals surface area contributed by atoms with Gasteiger partial charge in [0.05, 0.1) is 18.5 Å². The van der Waals surface area contributed by atoms with Gasteiger partial charge in [0, 0.05) is 11.9 Å². The lowest BCUT2D eigenvalue weighted by Gasteiger charge is -2.36. The number of aromatic nitrogens is 1. The number of methoxy groups -OCH3 is 1. The van der Waals surface area contributed by atoms with Gasteiger partial charge in [-0.05, 0) is 26.0 Å². The minimum atomic E-state index is -1.34. The molecular formula is C17H17N3O4S2. The molecule has 1 atom stereocenters. The van der Waals surface area contributed by atoms with Gasteiger partial charge >= 0.3 is 5.97 Å². The Labute approximate surface area is 158 Å². The van der Waals surface area contributed by atoms with E-state index in [-0.39, 0.29) is 11.0 Å². The highest BCUT2D eigenvalue weighted by atomic mass is 32.2. The minimum Gasteiger partial charge on any atom is -0.465 e. The second-order valence-corrected chi connectivity index (χ2v) is 8.31. The second kappa shape index (κ2) is 6.73. The maximum Gasteiger partial charge on any atom is 0.350 e. The van der Waals surface area contributed by atoms with Gasteiger partial charge in [-0.3, -0.25) is 9.59 Å². The van der Waals surface area contributed by atoms with Crippen molar-refractivity contribution in [2.24, 2.45) is 0 Å². The number of carbonyl (C=O) groups is 3. The number of thiazole rings is 1. The van der Waals surface area contributed by atoms with Crippen LogP contribution in [-0.4, -0.2) is 41.7 Å². The molecule has 2 aromatic rings. The summed E-state index contributed by atoms with van der Waals surface area (Å²) in [5.74, 6) is -1.32. The van der Waals surface area contributed by atoms with Crippen LogP contribution >= 0.6 is 23.1 Å². The smallest absolute Gasteiger partial charge is 0.350 e. The number of benzene rings is 1. The number of para-hydroxylation sites is 1. The Bertz CT molecular complexity index is 911. The molecule has 0 saturated carbocycles. The molecule has 136 valence electrons. The van der Waals surface area contributed by atoms with Crippen LogP contribution in [0.15, 0.2) is 29.2 Å². The van der Waals surface area contributed by atoms with E-state index < -0.39 is 16.6 Å². The summed E-state index contributed by atoms with van der Waals surface area (Å²) in [6, 6.07) is 7.42. The van der Waals surface area contributed by atoms with Gasteiger partial charge in [0.25, 0.3) is 11.8 Å². The highest BCUT2D eigenvalue weighted by Crippen LogP contribution is 2.45. The Balaban J connectivity index is 1.88. The van der Waals surface area contributed by atoms with E-state index in [4.69, 9.17) is 4.74 Å². The van der Waals surface area contributed by atoms with E-state index in [2.05, 4.69) is 10.3 Å². The number of aryl methyl sites for hydroxylation is 1. The van der Waals surface area contributed by atoms with E-state index in [1.807, 2.05) is 24.3 Å². The predicted octanol–water partition coefficient (Wildman–Crippen LogP) is 2.70. The van der Waals surface area contributed by atoms with Gasteiger partial charge in [0.2, 0.25) is 0 Å². The predicted molar refractivity (Wildman–Crippen MR) is 101 cm³/mol. The van der Waals surface area contributed by atoms with Gasteiger partial charge in [-0.2, -0.15) is 0 Å². The first-order chi connectivity index (χ1) is 12.3. The van der Waals surface area contributed by atoms with Gasteiger partial charge in [-0.1, -0.05) is 35.2 Å². The van der Waals surface area contributed by atoms with Crippen LogP contribution in [0.3, 0.4) is 0 Å². The zero-order chi connectivity index (χ0) is 19.1.